The van der Waals surface area contributed by atoms with E-state index in [1.807, 2.05) is 11.3 Å². The minimum atomic E-state index is -0.0897. The number of thiophene rings is 1. The molecule has 13 rings (SSSR count). The number of nitrogens with zero attached hydrogens (tertiary/aromatic N) is 3. The predicted octanol–water partition coefficient (Wildman–Crippen LogP) is 13.7. The topological polar surface area (TPSA) is 11.4 Å². The lowest BCUT2D eigenvalue weighted by Gasteiger charge is -2.42. The molecule has 286 valence electrons. The third kappa shape index (κ3) is 4.89. The van der Waals surface area contributed by atoms with Gasteiger partial charge in [-0.05, 0) is 97.1 Å². The zero-order valence-electron chi connectivity index (χ0n) is 33.4. The first-order valence-corrected chi connectivity index (χ1v) is 22.0. The van der Waals surface area contributed by atoms with Gasteiger partial charge in [-0.15, -0.1) is 11.3 Å². The largest absolute Gasteiger partial charge is 0.336 e. The lowest BCUT2D eigenvalue weighted by Crippen LogP contribution is -2.36. The number of allylic oxidation sites excluding steroid dienone is 4. The van der Waals surface area contributed by atoms with Gasteiger partial charge in [-0.25, -0.2) is 0 Å². The predicted molar refractivity (Wildman–Crippen MR) is 254 cm³/mol. The lowest BCUT2D eigenvalue weighted by atomic mass is 9.73. The van der Waals surface area contributed by atoms with E-state index in [4.69, 9.17) is 0 Å². The molecule has 0 N–H and O–H groups in total. The van der Waals surface area contributed by atoms with Gasteiger partial charge in [0.2, 0.25) is 0 Å². The summed E-state index contributed by atoms with van der Waals surface area (Å²) in [5.74, 6) is 0. The number of fused-ring (bicyclic) bond motifs is 13. The molecule has 2 bridgehead atoms. The molecule has 2 aromatic heterocycles. The van der Waals surface area contributed by atoms with Crippen LogP contribution in [0.1, 0.15) is 31.7 Å². The van der Waals surface area contributed by atoms with Gasteiger partial charge in [-0.3, -0.25) is 0 Å². The molecular weight excluding hydrogens is 747 g/mol. The third-order valence-corrected chi connectivity index (χ3v) is 14.9. The quantitative estimate of drug-likeness (QED) is 0.172. The first-order chi connectivity index (χ1) is 29.6. The van der Waals surface area contributed by atoms with Gasteiger partial charge >= 0.3 is 0 Å². The number of rotatable bonds is 5. The highest BCUT2D eigenvalue weighted by molar-refractivity contribution is 7.25. The van der Waals surface area contributed by atoms with Crippen LogP contribution in [0.2, 0.25) is 0 Å². The van der Waals surface area contributed by atoms with Crippen molar-refractivity contribution in [1.82, 2.24) is 4.57 Å². The molecule has 7 aromatic carbocycles. The monoisotopic (exact) mass is 787 g/mol. The zero-order valence-corrected chi connectivity index (χ0v) is 34.2. The maximum atomic E-state index is 2.60. The van der Waals surface area contributed by atoms with Crippen molar-refractivity contribution < 1.29 is 0 Å². The summed E-state index contributed by atoms with van der Waals surface area (Å²) in [7, 11) is 0. The Bertz CT molecular complexity index is 3470. The van der Waals surface area contributed by atoms with Gasteiger partial charge in [-0.2, -0.15) is 0 Å². The van der Waals surface area contributed by atoms with Crippen molar-refractivity contribution in [2.24, 2.45) is 5.41 Å². The fourth-order valence-corrected chi connectivity index (χ4v) is 11.9. The Morgan fingerprint density at radius 1 is 0.617 bits per heavy atom. The highest BCUT2D eigenvalue weighted by atomic mass is 32.1. The molecule has 4 heterocycles. The summed E-state index contributed by atoms with van der Waals surface area (Å²) in [4.78, 5) is 5.12. The van der Waals surface area contributed by atoms with Gasteiger partial charge in [0.25, 0.3) is 0 Å². The second-order valence-corrected chi connectivity index (χ2v) is 18.1. The highest BCUT2D eigenvalue weighted by Crippen LogP contribution is 2.56. The second kappa shape index (κ2) is 12.8. The Labute approximate surface area is 353 Å². The van der Waals surface area contributed by atoms with Crippen molar-refractivity contribution in [1.29, 1.82) is 0 Å². The van der Waals surface area contributed by atoms with Crippen molar-refractivity contribution >= 4 is 77.3 Å². The summed E-state index contributed by atoms with van der Waals surface area (Å²) in [5.41, 5.74) is 17.0. The van der Waals surface area contributed by atoms with Gasteiger partial charge in [0.15, 0.2) is 0 Å². The smallest absolute Gasteiger partial charge is 0.0541 e. The van der Waals surface area contributed by atoms with Gasteiger partial charge in [0.05, 0.1) is 11.2 Å². The number of anilines is 4. The van der Waals surface area contributed by atoms with Crippen molar-refractivity contribution in [3.63, 3.8) is 0 Å². The lowest BCUT2D eigenvalue weighted by molar-refractivity contribution is 0.536. The molecule has 4 aliphatic rings. The minimum absolute atomic E-state index is 0.0897. The molecule has 2 aliphatic carbocycles. The van der Waals surface area contributed by atoms with E-state index in [1.165, 1.54) is 109 Å². The van der Waals surface area contributed by atoms with E-state index in [0.717, 1.165) is 25.8 Å². The standard InChI is InChI=1S/C56H41N3S/c1-56(32-31-51-46(34-56)42-16-6-11-21-50(42)59(51)37-13-3-2-4-14-37)36-23-25-38(26-24-36)58(39-27-30-54-45(33-39)43-17-8-12-22-53(43)60-54)52-29-28-40-41-15-5-9-19-48(41)57-35-47(40)55(52)44-18-7-10-20-49(44)57/h2-23,25,27-31,33-34H,24,26,32,35H2,1H3. The molecule has 60 heavy (non-hydrogen) atoms. The molecule has 2 aliphatic heterocycles. The minimum Gasteiger partial charge on any atom is -0.336 e. The third-order valence-electron chi connectivity index (χ3n) is 13.7. The number of hydrogen-bond acceptors (Lipinski definition) is 3. The van der Waals surface area contributed by atoms with Crippen molar-refractivity contribution in [2.45, 2.75) is 32.7 Å². The van der Waals surface area contributed by atoms with Gasteiger partial charge in [0.1, 0.15) is 0 Å². The molecule has 0 amide bonds. The van der Waals surface area contributed by atoms with Gasteiger partial charge in [-0.1, -0.05) is 128 Å². The average molecular weight is 788 g/mol. The van der Waals surface area contributed by atoms with E-state index in [9.17, 15) is 0 Å². The summed E-state index contributed by atoms with van der Waals surface area (Å²) in [5, 5.41) is 6.62. The molecule has 3 nitrogen and oxygen atoms in total. The van der Waals surface area contributed by atoms with Crippen molar-refractivity contribution in [3.8, 4) is 27.9 Å². The van der Waals surface area contributed by atoms with E-state index < -0.39 is 0 Å². The fourth-order valence-electron chi connectivity index (χ4n) is 10.9. The molecule has 0 fully saturated rings. The van der Waals surface area contributed by atoms with E-state index in [1.54, 1.807) is 0 Å². The Balaban J connectivity index is 0.992. The fraction of sp³-hybridized carbons (Fsp3) is 0.107. The Kier molecular flexibility index (Phi) is 7.26. The normalized spacial score (nSPS) is 17.3. The van der Waals surface area contributed by atoms with Crippen LogP contribution in [-0.2, 0) is 6.54 Å². The van der Waals surface area contributed by atoms with Crippen LogP contribution in [0.5, 0.6) is 0 Å². The first kappa shape index (κ1) is 34.0. The summed E-state index contributed by atoms with van der Waals surface area (Å²) in [6.07, 6.45) is 12.9. The Morgan fingerprint density at radius 2 is 1.35 bits per heavy atom. The summed E-state index contributed by atoms with van der Waals surface area (Å²) < 4.78 is 5.11. The maximum absolute atomic E-state index is 2.60. The van der Waals surface area contributed by atoms with Crippen molar-refractivity contribution in [3.05, 3.63) is 197 Å². The van der Waals surface area contributed by atoms with E-state index in [2.05, 4.69) is 203 Å². The maximum Gasteiger partial charge on any atom is 0.0541 e. The van der Waals surface area contributed by atoms with Crippen LogP contribution in [0.4, 0.5) is 22.7 Å². The molecule has 1 atom stereocenters. The molecular formula is C56H41N3S. The number of benzene rings is 7. The van der Waals surface area contributed by atoms with Crippen LogP contribution in [0.25, 0.3) is 71.2 Å². The summed E-state index contributed by atoms with van der Waals surface area (Å²) >= 11 is 1.89. The SMILES string of the molecule is CC1(C2=CC=C(N(c3ccc4sc5ccccc5c4c3)c3ccc4c5c3-c3ccccc3N(C5)c3ccccc3-4)CC2)C=c2c(n(-c3ccccc3)c3ccccc23)=CC1. The molecule has 0 radical (unpaired) electrons. The van der Waals surface area contributed by atoms with Crippen LogP contribution >= 0.6 is 11.3 Å². The first-order valence-electron chi connectivity index (χ1n) is 21.2. The van der Waals surface area contributed by atoms with Crippen molar-refractivity contribution in [2.75, 3.05) is 9.80 Å². The second-order valence-electron chi connectivity index (χ2n) is 17.0. The molecule has 0 saturated carbocycles. The average Bonchev–Trinajstić information content (AvgIpc) is 3.84. The molecule has 0 spiro atoms. The van der Waals surface area contributed by atoms with Crippen LogP contribution in [0, 0.1) is 5.41 Å². The molecule has 9 aromatic rings. The van der Waals surface area contributed by atoms with E-state index in [0.29, 0.717) is 0 Å². The van der Waals surface area contributed by atoms with Crippen LogP contribution in [0.15, 0.2) is 181 Å². The highest BCUT2D eigenvalue weighted by Gasteiger charge is 2.36. The number of hydrogen-bond donors (Lipinski definition) is 0. The number of para-hydroxylation sites is 4. The Morgan fingerprint density at radius 3 is 2.20 bits per heavy atom. The Hall–Kier alpha value is -6.88. The van der Waals surface area contributed by atoms with Crippen LogP contribution in [0.3, 0.4) is 0 Å². The molecule has 0 saturated heterocycles. The number of aromatic nitrogens is 1. The molecule has 4 heteroatoms. The molecule has 1 unspecified atom stereocenters. The zero-order chi connectivity index (χ0) is 39.5. The van der Waals surface area contributed by atoms with E-state index >= 15 is 0 Å². The van der Waals surface area contributed by atoms with Gasteiger partial charge in [0, 0.05) is 93.2 Å². The van der Waals surface area contributed by atoms with E-state index in [-0.39, 0.29) is 5.41 Å². The van der Waals surface area contributed by atoms with Crippen LogP contribution < -0.4 is 20.4 Å². The summed E-state index contributed by atoms with van der Waals surface area (Å²) in [6, 6.07) is 58.5. The summed E-state index contributed by atoms with van der Waals surface area (Å²) in [6.45, 7) is 3.32. The van der Waals surface area contributed by atoms with Gasteiger partial charge < -0.3 is 14.4 Å². The van der Waals surface area contributed by atoms with Crippen LogP contribution in [-0.4, -0.2) is 4.57 Å².